The van der Waals surface area contributed by atoms with Gasteiger partial charge in [-0.1, -0.05) is 12.1 Å². The molecule has 1 aromatic heterocycles. The van der Waals surface area contributed by atoms with Gasteiger partial charge in [-0.3, -0.25) is 9.89 Å². The molecule has 4 heterocycles. The molecule has 0 amide bonds. The number of halogens is 3. The van der Waals surface area contributed by atoms with E-state index in [0.717, 1.165) is 0 Å². The molecule has 0 unspecified atom stereocenters. The van der Waals surface area contributed by atoms with Gasteiger partial charge in [-0.15, -0.1) is 11.3 Å². The topological polar surface area (TPSA) is 89.9 Å². The van der Waals surface area contributed by atoms with E-state index in [-0.39, 0.29) is 29.9 Å². The number of aromatic nitrogens is 1. The van der Waals surface area contributed by atoms with Crippen LogP contribution in [0.1, 0.15) is 22.2 Å². The van der Waals surface area contributed by atoms with E-state index >= 15 is 0 Å². The number of carboxylic acids is 1. The van der Waals surface area contributed by atoms with Gasteiger partial charge in [0, 0.05) is 43.0 Å². The number of benzene rings is 1. The molecule has 3 aliphatic rings. The van der Waals surface area contributed by atoms with E-state index in [4.69, 9.17) is 0 Å². The van der Waals surface area contributed by atoms with Gasteiger partial charge in [-0.05, 0) is 24.1 Å². The normalized spacial score (nSPS) is 26.8. The summed E-state index contributed by atoms with van der Waals surface area (Å²) in [5.41, 5.74) is 0.881. The number of aliphatic carboxylic acids is 1. The fraction of sp³-hybridized carbons (Fsp3) is 0.409. The van der Waals surface area contributed by atoms with Crippen molar-refractivity contribution in [3.8, 4) is 0 Å². The van der Waals surface area contributed by atoms with Gasteiger partial charge in [0.25, 0.3) is 5.92 Å². The van der Waals surface area contributed by atoms with Crippen LogP contribution < -0.4 is 10.6 Å². The summed E-state index contributed by atoms with van der Waals surface area (Å²) < 4.78 is 43.5. The van der Waals surface area contributed by atoms with E-state index in [2.05, 4.69) is 20.6 Å². The lowest BCUT2D eigenvalue weighted by atomic mass is 9.92. The third kappa shape index (κ3) is 3.83. The van der Waals surface area contributed by atoms with E-state index in [9.17, 15) is 23.1 Å². The van der Waals surface area contributed by atoms with Crippen molar-refractivity contribution in [2.45, 2.75) is 24.9 Å². The molecule has 3 atom stereocenters. The second-order valence-electron chi connectivity index (χ2n) is 8.49. The van der Waals surface area contributed by atoms with Crippen molar-refractivity contribution in [1.82, 2.24) is 20.5 Å². The van der Waals surface area contributed by atoms with Crippen LogP contribution in [0.3, 0.4) is 0 Å². The highest BCUT2D eigenvalue weighted by atomic mass is 32.1. The van der Waals surface area contributed by atoms with Crippen molar-refractivity contribution in [1.29, 1.82) is 0 Å². The second kappa shape index (κ2) is 8.23. The van der Waals surface area contributed by atoms with Crippen molar-refractivity contribution in [3.63, 3.8) is 0 Å². The van der Waals surface area contributed by atoms with Gasteiger partial charge in [0.1, 0.15) is 11.9 Å². The second-order valence-corrected chi connectivity index (χ2v) is 9.39. The molecule has 2 aromatic rings. The van der Waals surface area contributed by atoms with Crippen molar-refractivity contribution in [3.05, 3.63) is 63.0 Å². The molecule has 174 valence electrons. The number of carboxylic acid groups (broad SMARTS) is 1. The van der Waals surface area contributed by atoms with Crippen LogP contribution in [-0.4, -0.2) is 64.9 Å². The lowest BCUT2D eigenvalue weighted by Crippen LogP contribution is -2.42. The summed E-state index contributed by atoms with van der Waals surface area (Å²) in [7, 11) is 0. The molecule has 0 radical (unpaired) electrons. The number of rotatable bonds is 5. The predicted octanol–water partition coefficient (Wildman–Crippen LogP) is 2.56. The van der Waals surface area contributed by atoms with Crippen LogP contribution >= 0.6 is 11.3 Å². The first-order chi connectivity index (χ1) is 15.8. The molecule has 2 fully saturated rings. The molecular formula is C22H22F3N5O2S. The molecule has 33 heavy (non-hydrogen) atoms. The molecule has 2 saturated heterocycles. The van der Waals surface area contributed by atoms with Gasteiger partial charge in [0.15, 0.2) is 10.8 Å². The summed E-state index contributed by atoms with van der Waals surface area (Å²) in [6, 6.07) is 3.04. The Morgan fingerprint density at radius 1 is 1.36 bits per heavy atom. The number of nitrogens with one attached hydrogen (secondary N) is 2. The molecule has 11 heteroatoms. The zero-order chi connectivity index (χ0) is 23.3. The van der Waals surface area contributed by atoms with Crippen molar-refractivity contribution < 1.29 is 23.1 Å². The predicted molar refractivity (Wildman–Crippen MR) is 117 cm³/mol. The summed E-state index contributed by atoms with van der Waals surface area (Å²) in [6.45, 7) is 1.74. The number of thiazole rings is 1. The lowest BCUT2D eigenvalue weighted by Gasteiger charge is -2.30. The summed E-state index contributed by atoms with van der Waals surface area (Å²) in [4.78, 5) is 22.9. The summed E-state index contributed by atoms with van der Waals surface area (Å²) in [6.07, 6.45) is 1.60. The SMILES string of the molecule is Cc1c(F)cccc1[C@@H]1N=C(c2nccs2)NC(CN2CC(F)(F)[C@@H]3CNC[C@@H]32)=C1C(=O)O. The van der Waals surface area contributed by atoms with E-state index < -0.39 is 42.3 Å². The Kier molecular flexibility index (Phi) is 5.50. The van der Waals surface area contributed by atoms with Crippen LogP contribution in [-0.2, 0) is 4.79 Å². The maximum Gasteiger partial charge on any atom is 0.335 e. The Morgan fingerprint density at radius 3 is 2.91 bits per heavy atom. The highest BCUT2D eigenvalue weighted by Crippen LogP contribution is 2.41. The van der Waals surface area contributed by atoms with Crippen LogP contribution in [0.2, 0.25) is 0 Å². The average Bonchev–Trinajstić information content (AvgIpc) is 3.50. The van der Waals surface area contributed by atoms with Gasteiger partial charge in [0.05, 0.1) is 18.0 Å². The Bertz CT molecular complexity index is 1150. The number of fused-ring (bicyclic) bond motifs is 1. The van der Waals surface area contributed by atoms with E-state index in [1.165, 1.54) is 23.5 Å². The van der Waals surface area contributed by atoms with Crippen LogP contribution in [0.4, 0.5) is 13.2 Å². The number of amidine groups is 1. The molecule has 1 aromatic carbocycles. The smallest absolute Gasteiger partial charge is 0.335 e. The van der Waals surface area contributed by atoms with Crippen molar-refractivity contribution in [2.75, 3.05) is 26.2 Å². The minimum absolute atomic E-state index is 0.0185. The van der Waals surface area contributed by atoms with Crippen molar-refractivity contribution >= 4 is 23.1 Å². The molecule has 7 nitrogen and oxygen atoms in total. The van der Waals surface area contributed by atoms with Gasteiger partial charge in [-0.2, -0.15) is 0 Å². The molecular weight excluding hydrogens is 455 g/mol. The van der Waals surface area contributed by atoms with Crippen LogP contribution in [0, 0.1) is 18.7 Å². The minimum atomic E-state index is -2.86. The molecule has 5 rings (SSSR count). The van der Waals surface area contributed by atoms with Gasteiger partial charge in [-0.25, -0.2) is 22.9 Å². The Morgan fingerprint density at radius 2 is 2.18 bits per heavy atom. The minimum Gasteiger partial charge on any atom is -0.478 e. The van der Waals surface area contributed by atoms with Gasteiger partial charge >= 0.3 is 5.97 Å². The summed E-state index contributed by atoms with van der Waals surface area (Å²) in [5, 5.41) is 18.5. The van der Waals surface area contributed by atoms with Crippen LogP contribution in [0.15, 0.2) is 46.0 Å². The average molecular weight is 478 g/mol. The molecule has 0 bridgehead atoms. The number of nitrogens with zero attached hydrogens (tertiary/aromatic N) is 3. The van der Waals surface area contributed by atoms with Crippen LogP contribution in [0.25, 0.3) is 0 Å². The number of likely N-dealkylation sites (tertiary alicyclic amines) is 1. The Hall–Kier alpha value is -2.76. The molecule has 0 spiro atoms. The third-order valence-corrected chi connectivity index (χ3v) is 7.34. The number of alkyl halides is 2. The van der Waals surface area contributed by atoms with Crippen molar-refractivity contribution in [2.24, 2.45) is 10.9 Å². The van der Waals surface area contributed by atoms with E-state index in [0.29, 0.717) is 23.0 Å². The Labute approximate surface area is 192 Å². The monoisotopic (exact) mass is 477 g/mol. The molecule has 0 saturated carbocycles. The molecule has 3 aliphatic heterocycles. The summed E-state index contributed by atoms with van der Waals surface area (Å²) >= 11 is 1.31. The fourth-order valence-electron chi connectivity index (χ4n) is 4.93. The largest absolute Gasteiger partial charge is 0.478 e. The quantitative estimate of drug-likeness (QED) is 0.614. The maximum absolute atomic E-state index is 14.6. The molecule has 0 aliphatic carbocycles. The van der Waals surface area contributed by atoms with Gasteiger partial charge in [0.2, 0.25) is 0 Å². The number of hydrogen-bond donors (Lipinski definition) is 3. The van der Waals surface area contributed by atoms with E-state index in [1.54, 1.807) is 29.5 Å². The highest BCUT2D eigenvalue weighted by Gasteiger charge is 2.56. The first kappa shape index (κ1) is 22.1. The van der Waals surface area contributed by atoms with Crippen LogP contribution in [0.5, 0.6) is 0 Å². The zero-order valence-corrected chi connectivity index (χ0v) is 18.5. The zero-order valence-electron chi connectivity index (χ0n) is 17.7. The first-order valence-corrected chi connectivity index (χ1v) is 11.4. The number of aliphatic imine (C=N–C) groups is 1. The lowest BCUT2D eigenvalue weighted by molar-refractivity contribution is -0.133. The number of hydrogen-bond acceptors (Lipinski definition) is 7. The maximum atomic E-state index is 14.6. The van der Waals surface area contributed by atoms with Gasteiger partial charge < -0.3 is 15.7 Å². The number of carbonyl (C=O) groups is 1. The summed E-state index contributed by atoms with van der Waals surface area (Å²) in [5.74, 6) is -5.05. The standard InChI is InChI=1S/C22H22F3N5O2S/c1-11-12(3-2-4-14(11)23)18-17(21(31)32)15(28-19(29-18)20-27-5-6-33-20)9-30-10-22(24,25)13-7-26-8-16(13)30/h2-6,13,16,18,26H,7-10H2,1H3,(H,28,29)(H,31,32)/t13-,16+,18+/m1/s1. The fourth-order valence-corrected chi connectivity index (χ4v) is 5.52. The third-order valence-electron chi connectivity index (χ3n) is 6.56. The Balaban J connectivity index is 1.59. The highest BCUT2D eigenvalue weighted by molar-refractivity contribution is 7.11. The first-order valence-electron chi connectivity index (χ1n) is 10.5. The van der Waals surface area contributed by atoms with E-state index in [1.807, 2.05) is 0 Å². The molecule has 3 N–H and O–H groups in total.